The highest BCUT2D eigenvalue weighted by Gasteiger charge is 2.24. The predicted molar refractivity (Wildman–Crippen MR) is 71.8 cm³/mol. The monoisotopic (exact) mass is 245 g/mol. The molecule has 5 nitrogen and oxygen atoms in total. The van der Waals surface area contributed by atoms with Crippen molar-refractivity contribution in [2.24, 2.45) is 0 Å². The van der Waals surface area contributed by atoms with E-state index in [4.69, 9.17) is 0 Å². The second-order valence-electron chi connectivity index (χ2n) is 4.86. The minimum absolute atomic E-state index is 0.591. The lowest BCUT2D eigenvalue weighted by molar-refractivity contribution is 0.675. The molecule has 5 heteroatoms. The number of fused-ring (bicyclic) bond motifs is 1. The van der Waals surface area contributed by atoms with Gasteiger partial charge in [0, 0.05) is 19.0 Å². The van der Waals surface area contributed by atoms with Crippen molar-refractivity contribution in [3.8, 4) is 0 Å². The number of aryl methyl sites for hydroxylation is 3. The number of hydrogen-bond acceptors (Lipinski definition) is 4. The van der Waals surface area contributed by atoms with E-state index in [0.29, 0.717) is 6.04 Å². The van der Waals surface area contributed by atoms with Gasteiger partial charge in [-0.15, -0.1) is 0 Å². The second-order valence-corrected chi connectivity index (χ2v) is 4.86. The van der Waals surface area contributed by atoms with Crippen LogP contribution in [0.2, 0.25) is 0 Å². The molecular weight excluding hydrogens is 226 g/mol. The van der Waals surface area contributed by atoms with Crippen molar-refractivity contribution in [2.75, 3.05) is 5.32 Å². The molecule has 2 heterocycles. The average Bonchev–Trinajstić information content (AvgIpc) is 3.13. The number of nitrogens with one attached hydrogen (secondary N) is 1. The number of aromatic nitrogens is 4. The van der Waals surface area contributed by atoms with Crippen LogP contribution < -0.4 is 5.32 Å². The van der Waals surface area contributed by atoms with E-state index in [1.54, 1.807) is 0 Å². The summed E-state index contributed by atoms with van der Waals surface area (Å²) in [6.45, 7) is 7.04. The summed E-state index contributed by atoms with van der Waals surface area (Å²) in [4.78, 5) is 9.25. The van der Waals surface area contributed by atoms with Crippen LogP contribution in [0, 0.1) is 6.92 Å². The van der Waals surface area contributed by atoms with Crippen LogP contribution in [0.5, 0.6) is 0 Å². The van der Waals surface area contributed by atoms with Crippen molar-refractivity contribution in [3.05, 3.63) is 11.5 Å². The SMILES string of the molecule is CCc1nc(NC2CC2)c2c(n1)c(C)nn2CC. The van der Waals surface area contributed by atoms with Gasteiger partial charge in [-0.3, -0.25) is 4.68 Å². The summed E-state index contributed by atoms with van der Waals surface area (Å²) in [5.41, 5.74) is 3.04. The highest BCUT2D eigenvalue weighted by Crippen LogP contribution is 2.29. The lowest BCUT2D eigenvalue weighted by Gasteiger charge is -2.09. The van der Waals surface area contributed by atoms with Crippen molar-refractivity contribution < 1.29 is 0 Å². The Kier molecular flexibility index (Phi) is 2.69. The molecule has 1 aliphatic carbocycles. The zero-order chi connectivity index (χ0) is 12.7. The van der Waals surface area contributed by atoms with Crippen molar-refractivity contribution in [2.45, 2.75) is 52.6 Å². The Bertz CT molecular complexity index is 583. The molecule has 96 valence electrons. The normalized spacial score (nSPS) is 15.3. The quantitative estimate of drug-likeness (QED) is 0.898. The summed E-state index contributed by atoms with van der Waals surface area (Å²) in [6, 6.07) is 0.591. The van der Waals surface area contributed by atoms with E-state index in [9.17, 15) is 0 Å². The first kappa shape index (κ1) is 11.4. The van der Waals surface area contributed by atoms with Crippen molar-refractivity contribution in [1.29, 1.82) is 0 Å². The Hall–Kier alpha value is -1.65. The van der Waals surface area contributed by atoms with E-state index in [1.165, 1.54) is 12.8 Å². The van der Waals surface area contributed by atoms with Crippen LogP contribution in [0.4, 0.5) is 5.82 Å². The van der Waals surface area contributed by atoms with Gasteiger partial charge in [-0.25, -0.2) is 9.97 Å². The maximum Gasteiger partial charge on any atom is 0.156 e. The van der Waals surface area contributed by atoms with E-state index in [-0.39, 0.29) is 0 Å². The van der Waals surface area contributed by atoms with E-state index in [0.717, 1.165) is 41.3 Å². The summed E-state index contributed by atoms with van der Waals surface area (Å²) < 4.78 is 1.99. The largest absolute Gasteiger partial charge is 0.365 e. The molecule has 1 N–H and O–H groups in total. The summed E-state index contributed by atoms with van der Waals surface area (Å²) in [6.07, 6.45) is 3.34. The van der Waals surface area contributed by atoms with Gasteiger partial charge < -0.3 is 5.32 Å². The highest BCUT2D eigenvalue weighted by molar-refractivity contribution is 5.87. The Balaban J connectivity index is 2.20. The number of hydrogen-bond donors (Lipinski definition) is 1. The van der Waals surface area contributed by atoms with Gasteiger partial charge in [-0.1, -0.05) is 6.92 Å². The lowest BCUT2D eigenvalue weighted by atomic mass is 10.3. The Morgan fingerprint density at radius 3 is 2.67 bits per heavy atom. The van der Waals surface area contributed by atoms with E-state index >= 15 is 0 Å². The second kappa shape index (κ2) is 4.23. The lowest BCUT2D eigenvalue weighted by Crippen LogP contribution is -2.09. The predicted octanol–water partition coefficient (Wildman–Crippen LogP) is 2.29. The van der Waals surface area contributed by atoms with Crippen LogP contribution in [0.1, 0.15) is 38.2 Å². The van der Waals surface area contributed by atoms with Crippen LogP contribution in [0.15, 0.2) is 0 Å². The van der Waals surface area contributed by atoms with Gasteiger partial charge in [0.1, 0.15) is 16.9 Å². The first-order chi connectivity index (χ1) is 8.72. The molecule has 0 unspecified atom stereocenters. The molecule has 0 aromatic carbocycles. The van der Waals surface area contributed by atoms with Crippen LogP contribution in [-0.4, -0.2) is 25.8 Å². The first-order valence-electron chi connectivity index (χ1n) is 6.73. The van der Waals surface area contributed by atoms with Gasteiger partial charge in [0.25, 0.3) is 0 Å². The third kappa shape index (κ3) is 1.83. The van der Waals surface area contributed by atoms with Gasteiger partial charge in [0.15, 0.2) is 5.82 Å². The van der Waals surface area contributed by atoms with Gasteiger partial charge in [0.05, 0.1) is 5.69 Å². The Morgan fingerprint density at radius 1 is 1.28 bits per heavy atom. The van der Waals surface area contributed by atoms with E-state index in [1.807, 2.05) is 11.6 Å². The molecule has 1 aliphatic rings. The molecule has 18 heavy (non-hydrogen) atoms. The summed E-state index contributed by atoms with van der Waals surface area (Å²) in [7, 11) is 0. The number of anilines is 1. The van der Waals surface area contributed by atoms with Crippen molar-refractivity contribution in [3.63, 3.8) is 0 Å². The molecule has 0 amide bonds. The molecular formula is C13H19N5. The molecule has 0 spiro atoms. The fraction of sp³-hybridized carbons (Fsp3) is 0.615. The zero-order valence-corrected chi connectivity index (χ0v) is 11.2. The molecule has 2 aromatic heterocycles. The molecule has 0 atom stereocenters. The smallest absolute Gasteiger partial charge is 0.156 e. The van der Waals surface area contributed by atoms with Gasteiger partial charge in [-0.05, 0) is 26.7 Å². The van der Waals surface area contributed by atoms with Crippen LogP contribution in [0.25, 0.3) is 11.0 Å². The minimum Gasteiger partial charge on any atom is -0.365 e. The third-order valence-electron chi connectivity index (χ3n) is 3.34. The average molecular weight is 245 g/mol. The highest BCUT2D eigenvalue weighted by atomic mass is 15.3. The maximum absolute atomic E-state index is 4.64. The summed E-state index contributed by atoms with van der Waals surface area (Å²) in [5, 5.41) is 8.06. The fourth-order valence-corrected chi connectivity index (χ4v) is 2.18. The summed E-state index contributed by atoms with van der Waals surface area (Å²) >= 11 is 0. The van der Waals surface area contributed by atoms with Gasteiger partial charge in [-0.2, -0.15) is 5.10 Å². The van der Waals surface area contributed by atoms with Crippen molar-refractivity contribution in [1.82, 2.24) is 19.7 Å². The molecule has 3 rings (SSSR count). The number of rotatable bonds is 4. The van der Waals surface area contributed by atoms with Crippen LogP contribution in [0.3, 0.4) is 0 Å². The molecule has 1 fully saturated rings. The fourth-order valence-electron chi connectivity index (χ4n) is 2.18. The molecule has 2 aromatic rings. The molecule has 0 saturated heterocycles. The van der Waals surface area contributed by atoms with E-state index < -0.39 is 0 Å². The summed E-state index contributed by atoms with van der Waals surface area (Å²) in [5.74, 6) is 1.85. The standard InChI is InChI=1S/C13H19N5/c1-4-10-15-11-8(3)17-18(5-2)12(11)13(16-10)14-9-6-7-9/h9H,4-7H2,1-3H3,(H,14,15,16). The minimum atomic E-state index is 0.591. The number of nitrogens with zero attached hydrogens (tertiary/aromatic N) is 4. The van der Waals surface area contributed by atoms with Crippen LogP contribution in [-0.2, 0) is 13.0 Å². The van der Waals surface area contributed by atoms with Crippen molar-refractivity contribution >= 4 is 16.9 Å². The Morgan fingerprint density at radius 2 is 2.06 bits per heavy atom. The maximum atomic E-state index is 4.64. The molecule has 0 bridgehead atoms. The Labute approximate surface area is 107 Å². The first-order valence-corrected chi connectivity index (χ1v) is 6.73. The zero-order valence-electron chi connectivity index (χ0n) is 11.2. The molecule has 0 radical (unpaired) electrons. The topological polar surface area (TPSA) is 55.6 Å². The molecule has 0 aliphatic heterocycles. The van der Waals surface area contributed by atoms with E-state index in [2.05, 4.69) is 34.2 Å². The third-order valence-corrected chi connectivity index (χ3v) is 3.34. The van der Waals surface area contributed by atoms with Crippen LogP contribution >= 0.6 is 0 Å². The van der Waals surface area contributed by atoms with Gasteiger partial charge in [0.2, 0.25) is 0 Å². The van der Waals surface area contributed by atoms with Gasteiger partial charge >= 0.3 is 0 Å². The molecule has 1 saturated carbocycles.